The number of thioether (sulfide) groups is 1. The van der Waals surface area contributed by atoms with Gasteiger partial charge in [0.25, 0.3) is 0 Å². The third kappa shape index (κ3) is 4.32. The van der Waals surface area contributed by atoms with Crippen LogP contribution in [0.4, 0.5) is 0 Å². The Kier molecular flexibility index (Phi) is 7.28. The summed E-state index contributed by atoms with van der Waals surface area (Å²) >= 11 is 7.80. The number of carbonyl (C=O) groups is 2. The summed E-state index contributed by atoms with van der Waals surface area (Å²) in [7, 11) is 5.17. The van der Waals surface area contributed by atoms with Gasteiger partial charge in [0, 0.05) is 31.1 Å². The van der Waals surface area contributed by atoms with Crippen molar-refractivity contribution < 1.29 is 14.3 Å². The van der Waals surface area contributed by atoms with Crippen molar-refractivity contribution in [3.63, 3.8) is 0 Å². The molecule has 0 spiro atoms. The van der Waals surface area contributed by atoms with Crippen LogP contribution in [0.15, 0.2) is 53.7 Å². The number of aromatic nitrogens is 3. The lowest BCUT2D eigenvalue weighted by molar-refractivity contribution is -0.146. The maximum atomic E-state index is 13.4. The van der Waals surface area contributed by atoms with E-state index in [1.807, 2.05) is 54.1 Å². The molecule has 0 saturated heterocycles. The minimum atomic E-state index is -1.04. The second-order valence-corrected chi connectivity index (χ2v) is 9.63. The van der Waals surface area contributed by atoms with Crippen LogP contribution in [0.2, 0.25) is 5.02 Å². The molecule has 2 aromatic carbocycles. The highest BCUT2D eigenvalue weighted by Crippen LogP contribution is 2.42. The molecule has 0 aliphatic heterocycles. The van der Waals surface area contributed by atoms with Crippen molar-refractivity contribution >= 4 is 35.1 Å². The maximum absolute atomic E-state index is 13.4. The van der Waals surface area contributed by atoms with Gasteiger partial charge < -0.3 is 14.2 Å². The zero-order chi connectivity index (χ0) is 24.3. The molecular weight excluding hydrogens is 472 g/mol. The fourth-order valence-corrected chi connectivity index (χ4v) is 5.69. The van der Waals surface area contributed by atoms with E-state index in [1.54, 1.807) is 25.1 Å². The van der Waals surface area contributed by atoms with Crippen molar-refractivity contribution in [3.05, 3.63) is 59.1 Å². The van der Waals surface area contributed by atoms with Crippen LogP contribution in [0.25, 0.3) is 11.4 Å². The summed E-state index contributed by atoms with van der Waals surface area (Å²) in [4.78, 5) is 28.2. The molecule has 34 heavy (non-hydrogen) atoms. The fraction of sp³-hybridized carbons (Fsp3) is 0.360. The maximum Gasteiger partial charge on any atom is 0.233 e. The number of ketones is 1. The predicted octanol–water partition coefficient (Wildman–Crippen LogP) is 4.73. The zero-order valence-electron chi connectivity index (χ0n) is 19.5. The minimum absolute atomic E-state index is 0.0322. The lowest BCUT2D eigenvalue weighted by Crippen LogP contribution is -2.54. The Morgan fingerprint density at radius 1 is 1.18 bits per heavy atom. The van der Waals surface area contributed by atoms with Gasteiger partial charge in [-0.3, -0.25) is 9.59 Å². The summed E-state index contributed by atoms with van der Waals surface area (Å²) in [6, 6.07) is 14.9. The number of ether oxygens (including phenoxy) is 1. The van der Waals surface area contributed by atoms with Crippen molar-refractivity contribution in [1.29, 1.82) is 0 Å². The van der Waals surface area contributed by atoms with Gasteiger partial charge in [-0.25, -0.2) is 0 Å². The number of methoxy groups -OCH3 is 1. The number of para-hydroxylation sites is 1. The Morgan fingerprint density at radius 3 is 2.65 bits per heavy atom. The summed E-state index contributed by atoms with van der Waals surface area (Å²) in [5.41, 5.74) is 0.469. The van der Waals surface area contributed by atoms with Crippen molar-refractivity contribution in [2.45, 2.75) is 36.4 Å². The quantitative estimate of drug-likeness (QED) is 0.438. The van der Waals surface area contributed by atoms with E-state index in [0.29, 0.717) is 40.2 Å². The predicted molar refractivity (Wildman–Crippen MR) is 133 cm³/mol. The first-order valence-electron chi connectivity index (χ1n) is 11.1. The Labute approximate surface area is 208 Å². The number of benzene rings is 2. The molecule has 0 bridgehead atoms. The smallest absolute Gasteiger partial charge is 0.233 e. The highest BCUT2D eigenvalue weighted by atomic mass is 35.5. The van der Waals surface area contributed by atoms with Crippen LogP contribution in [0.1, 0.15) is 31.2 Å². The standard InChI is InChI=1S/C25H27ClN4O3S/c1-29-23(17-10-4-7-13-20(17)33-3)27-28-24(29)34-16-22(32)30(2)25(15-9-8-14-21(25)31)18-11-5-6-12-19(18)26/h4-7,10-13H,8-9,14-16H2,1-3H3. The van der Waals surface area contributed by atoms with Gasteiger partial charge in [0.2, 0.25) is 5.91 Å². The monoisotopic (exact) mass is 498 g/mol. The minimum Gasteiger partial charge on any atom is -0.496 e. The number of hydrogen-bond acceptors (Lipinski definition) is 6. The van der Waals surface area contributed by atoms with Crippen LogP contribution >= 0.6 is 23.4 Å². The third-order valence-electron chi connectivity index (χ3n) is 6.43. The molecule has 1 amide bonds. The lowest BCUT2D eigenvalue weighted by Gasteiger charge is -2.44. The van der Waals surface area contributed by atoms with Crippen molar-refractivity contribution in [2.24, 2.45) is 7.05 Å². The Hall–Kier alpha value is -2.84. The second kappa shape index (κ2) is 10.2. The van der Waals surface area contributed by atoms with Gasteiger partial charge in [0.05, 0.1) is 18.4 Å². The van der Waals surface area contributed by atoms with Gasteiger partial charge >= 0.3 is 0 Å². The lowest BCUT2D eigenvalue weighted by atomic mass is 9.74. The molecule has 3 aromatic rings. The molecular formula is C25H27ClN4O3S. The molecule has 1 unspecified atom stereocenters. The molecule has 1 aliphatic rings. The fourth-order valence-electron chi connectivity index (χ4n) is 4.57. The van der Waals surface area contributed by atoms with Gasteiger partial charge in [-0.05, 0) is 37.5 Å². The molecule has 1 atom stereocenters. The molecule has 1 aliphatic carbocycles. The largest absolute Gasteiger partial charge is 0.496 e. The van der Waals surface area contributed by atoms with Crippen LogP contribution in [0.5, 0.6) is 5.75 Å². The number of halogens is 1. The van der Waals surface area contributed by atoms with E-state index in [2.05, 4.69) is 10.2 Å². The number of nitrogens with zero attached hydrogens (tertiary/aromatic N) is 4. The number of carbonyl (C=O) groups excluding carboxylic acids is 2. The van der Waals surface area contributed by atoms with Gasteiger partial charge in [-0.1, -0.05) is 53.7 Å². The van der Waals surface area contributed by atoms with E-state index in [-0.39, 0.29) is 17.4 Å². The second-order valence-electron chi connectivity index (χ2n) is 8.28. The molecule has 7 nitrogen and oxygen atoms in total. The molecule has 9 heteroatoms. The average Bonchev–Trinajstić information content (AvgIpc) is 3.22. The van der Waals surface area contributed by atoms with E-state index >= 15 is 0 Å². The average molecular weight is 499 g/mol. The third-order valence-corrected chi connectivity index (χ3v) is 7.76. The highest BCUT2D eigenvalue weighted by molar-refractivity contribution is 7.99. The van der Waals surface area contributed by atoms with Gasteiger partial charge in [-0.15, -0.1) is 10.2 Å². The summed E-state index contributed by atoms with van der Waals surface area (Å²) < 4.78 is 7.28. The molecule has 0 N–H and O–H groups in total. The number of rotatable bonds is 7. The van der Waals surface area contributed by atoms with Crippen LogP contribution in [-0.4, -0.2) is 51.3 Å². The van der Waals surface area contributed by atoms with E-state index in [0.717, 1.165) is 18.4 Å². The van der Waals surface area contributed by atoms with Crippen LogP contribution in [0.3, 0.4) is 0 Å². The Morgan fingerprint density at radius 2 is 1.91 bits per heavy atom. The number of Topliss-reactive ketones (excluding diaryl/α,β-unsaturated/α-hetero) is 1. The first-order chi connectivity index (χ1) is 16.4. The molecule has 4 rings (SSSR count). The molecule has 1 aromatic heterocycles. The number of hydrogen-bond donors (Lipinski definition) is 0. The summed E-state index contributed by atoms with van der Waals surface area (Å²) in [5, 5.41) is 9.69. The van der Waals surface area contributed by atoms with E-state index < -0.39 is 5.54 Å². The normalized spacial score (nSPS) is 18.1. The summed E-state index contributed by atoms with van der Waals surface area (Å²) in [6.45, 7) is 0. The summed E-state index contributed by atoms with van der Waals surface area (Å²) in [6.07, 6.45) is 2.67. The first kappa shape index (κ1) is 24.3. The van der Waals surface area contributed by atoms with E-state index in [4.69, 9.17) is 16.3 Å². The van der Waals surface area contributed by atoms with E-state index in [1.165, 1.54) is 11.8 Å². The molecule has 0 radical (unpaired) electrons. The Bertz CT molecular complexity index is 1210. The molecule has 1 saturated carbocycles. The number of amides is 1. The molecule has 178 valence electrons. The topological polar surface area (TPSA) is 77.3 Å². The van der Waals surface area contributed by atoms with Crippen molar-refractivity contribution in [3.8, 4) is 17.1 Å². The van der Waals surface area contributed by atoms with Crippen molar-refractivity contribution in [2.75, 3.05) is 19.9 Å². The van der Waals surface area contributed by atoms with Crippen LogP contribution in [0, 0.1) is 0 Å². The first-order valence-corrected chi connectivity index (χ1v) is 12.5. The number of likely N-dealkylation sites (N-methyl/N-ethyl adjacent to an activating group) is 1. The summed E-state index contributed by atoms with van der Waals surface area (Å²) in [5.74, 6) is 1.33. The molecule has 1 heterocycles. The highest BCUT2D eigenvalue weighted by Gasteiger charge is 2.47. The zero-order valence-corrected chi connectivity index (χ0v) is 21.0. The van der Waals surface area contributed by atoms with Gasteiger partial charge in [0.1, 0.15) is 11.3 Å². The van der Waals surface area contributed by atoms with Crippen molar-refractivity contribution in [1.82, 2.24) is 19.7 Å². The van der Waals surface area contributed by atoms with E-state index in [9.17, 15) is 9.59 Å². The Balaban J connectivity index is 1.56. The SMILES string of the molecule is COc1ccccc1-c1nnc(SCC(=O)N(C)C2(c3ccccc3Cl)CCCCC2=O)n1C. The molecule has 1 fully saturated rings. The van der Waals surface area contributed by atoms with Crippen LogP contribution < -0.4 is 4.74 Å². The van der Waals surface area contributed by atoms with Crippen LogP contribution in [-0.2, 0) is 22.2 Å². The van der Waals surface area contributed by atoms with Gasteiger partial charge in [-0.2, -0.15) is 0 Å². The van der Waals surface area contributed by atoms with Gasteiger partial charge in [0.15, 0.2) is 16.8 Å².